The Balaban J connectivity index is 1.52. The first-order valence-corrected chi connectivity index (χ1v) is 9.17. The Hall–Kier alpha value is -2.30. The Morgan fingerprint density at radius 1 is 1.36 bits per heavy atom. The van der Waals surface area contributed by atoms with Crippen LogP contribution in [0, 0.1) is 13.8 Å². The van der Waals surface area contributed by atoms with E-state index in [0.29, 0.717) is 6.54 Å². The number of nitrogens with one attached hydrogen (secondary N) is 2. The summed E-state index contributed by atoms with van der Waals surface area (Å²) in [6, 6.07) is 8.70. The molecule has 25 heavy (non-hydrogen) atoms. The number of aromatic nitrogens is 2. The fourth-order valence-electron chi connectivity index (χ4n) is 3.80. The Labute approximate surface area is 149 Å². The maximum absolute atomic E-state index is 12.5. The van der Waals surface area contributed by atoms with Crippen molar-refractivity contribution in [1.29, 1.82) is 0 Å². The lowest BCUT2D eigenvalue weighted by atomic mass is 9.87. The van der Waals surface area contributed by atoms with E-state index in [2.05, 4.69) is 39.8 Å². The van der Waals surface area contributed by atoms with E-state index in [1.807, 2.05) is 25.8 Å². The number of urea groups is 1. The van der Waals surface area contributed by atoms with E-state index in [0.717, 1.165) is 43.5 Å². The number of carbonyl (C=O) groups is 1. The second-order valence-corrected chi connectivity index (χ2v) is 6.97. The molecule has 0 saturated carbocycles. The molecule has 1 heterocycles. The van der Waals surface area contributed by atoms with Gasteiger partial charge in [-0.3, -0.25) is 5.10 Å². The Kier molecular flexibility index (Phi) is 5.41. The third-order valence-corrected chi connectivity index (χ3v) is 5.29. The first kappa shape index (κ1) is 17.5. The zero-order valence-corrected chi connectivity index (χ0v) is 15.4. The predicted molar refractivity (Wildman–Crippen MR) is 99.7 cm³/mol. The third-order valence-electron chi connectivity index (χ3n) is 5.29. The lowest BCUT2D eigenvalue weighted by Gasteiger charge is -2.33. The third kappa shape index (κ3) is 3.86. The molecule has 1 aliphatic rings. The molecular formula is C20H28N4O. The summed E-state index contributed by atoms with van der Waals surface area (Å²) in [5, 5.41) is 10.3. The van der Waals surface area contributed by atoms with Crippen molar-refractivity contribution >= 4 is 6.03 Å². The predicted octanol–water partition coefficient (Wildman–Crippen LogP) is 3.68. The molecule has 0 unspecified atom stereocenters. The Morgan fingerprint density at radius 3 is 2.92 bits per heavy atom. The van der Waals surface area contributed by atoms with Crippen molar-refractivity contribution in [3.8, 4) is 0 Å². The van der Waals surface area contributed by atoms with Gasteiger partial charge in [-0.2, -0.15) is 5.10 Å². The SMILES string of the molecule is Cc1n[nH]c(C)c1CCCNC(=O)N(C)[C@@H]1CCCc2ccccc21. The van der Waals surface area contributed by atoms with Gasteiger partial charge in [0.25, 0.3) is 0 Å². The summed E-state index contributed by atoms with van der Waals surface area (Å²) >= 11 is 0. The number of amides is 2. The normalized spacial score (nSPS) is 16.4. The van der Waals surface area contributed by atoms with Gasteiger partial charge in [0.2, 0.25) is 0 Å². The second kappa shape index (κ2) is 7.72. The molecule has 5 heteroatoms. The average molecular weight is 340 g/mol. The highest BCUT2D eigenvalue weighted by Crippen LogP contribution is 2.33. The van der Waals surface area contributed by atoms with Crippen LogP contribution in [0.1, 0.15) is 53.4 Å². The fourth-order valence-corrected chi connectivity index (χ4v) is 3.80. The van der Waals surface area contributed by atoms with Crippen LogP contribution in [0.2, 0.25) is 0 Å². The van der Waals surface area contributed by atoms with E-state index in [1.165, 1.54) is 16.7 Å². The van der Waals surface area contributed by atoms with Crippen molar-refractivity contribution in [3.63, 3.8) is 0 Å². The topological polar surface area (TPSA) is 61.0 Å². The molecule has 5 nitrogen and oxygen atoms in total. The number of aromatic amines is 1. The van der Waals surface area contributed by atoms with Gasteiger partial charge in [0.15, 0.2) is 0 Å². The van der Waals surface area contributed by atoms with Gasteiger partial charge < -0.3 is 10.2 Å². The number of hydrogen-bond donors (Lipinski definition) is 2. The number of carbonyl (C=O) groups excluding carboxylic acids is 1. The number of H-pyrrole nitrogens is 1. The Morgan fingerprint density at radius 2 is 2.16 bits per heavy atom. The summed E-state index contributed by atoms with van der Waals surface area (Å²) in [4.78, 5) is 14.4. The summed E-state index contributed by atoms with van der Waals surface area (Å²) in [7, 11) is 1.91. The molecule has 1 aromatic carbocycles. The van der Waals surface area contributed by atoms with Crippen LogP contribution >= 0.6 is 0 Å². The summed E-state index contributed by atoms with van der Waals surface area (Å²) in [5.41, 5.74) is 6.13. The highest BCUT2D eigenvalue weighted by molar-refractivity contribution is 5.74. The fraction of sp³-hybridized carbons (Fsp3) is 0.500. The molecule has 0 fully saturated rings. The molecule has 0 saturated heterocycles. The highest BCUT2D eigenvalue weighted by atomic mass is 16.2. The molecule has 3 rings (SSSR count). The van der Waals surface area contributed by atoms with Gasteiger partial charge in [0.1, 0.15) is 0 Å². The van der Waals surface area contributed by atoms with Crippen LogP contribution in [0.5, 0.6) is 0 Å². The first-order chi connectivity index (χ1) is 12.1. The molecule has 1 aliphatic carbocycles. The van der Waals surface area contributed by atoms with Crippen molar-refractivity contribution in [2.24, 2.45) is 0 Å². The summed E-state index contributed by atoms with van der Waals surface area (Å²) in [6.07, 6.45) is 5.14. The number of benzene rings is 1. The van der Waals surface area contributed by atoms with Crippen LogP contribution in [0.25, 0.3) is 0 Å². The van der Waals surface area contributed by atoms with E-state index in [-0.39, 0.29) is 12.1 Å². The van der Waals surface area contributed by atoms with E-state index >= 15 is 0 Å². The van der Waals surface area contributed by atoms with Gasteiger partial charge in [-0.15, -0.1) is 0 Å². The number of nitrogens with zero attached hydrogens (tertiary/aromatic N) is 2. The molecule has 2 aromatic rings. The zero-order valence-electron chi connectivity index (χ0n) is 15.4. The zero-order chi connectivity index (χ0) is 17.8. The number of aryl methyl sites for hydroxylation is 3. The second-order valence-electron chi connectivity index (χ2n) is 6.97. The molecule has 1 atom stereocenters. The largest absolute Gasteiger partial charge is 0.338 e. The molecule has 0 spiro atoms. The molecule has 0 aliphatic heterocycles. The molecule has 2 N–H and O–H groups in total. The molecule has 134 valence electrons. The molecule has 0 radical (unpaired) electrons. The minimum absolute atomic E-state index is 0.0161. The molecule has 0 bridgehead atoms. The van der Waals surface area contributed by atoms with Gasteiger partial charge >= 0.3 is 6.03 Å². The van der Waals surface area contributed by atoms with E-state index in [4.69, 9.17) is 0 Å². The van der Waals surface area contributed by atoms with Crippen LogP contribution in [0.15, 0.2) is 24.3 Å². The van der Waals surface area contributed by atoms with Crippen LogP contribution in [-0.2, 0) is 12.8 Å². The monoisotopic (exact) mass is 340 g/mol. The van der Waals surface area contributed by atoms with Crippen molar-refractivity contribution in [2.45, 2.75) is 52.0 Å². The number of fused-ring (bicyclic) bond motifs is 1. The van der Waals surface area contributed by atoms with E-state index in [9.17, 15) is 4.79 Å². The first-order valence-electron chi connectivity index (χ1n) is 9.17. The van der Waals surface area contributed by atoms with Crippen molar-refractivity contribution < 1.29 is 4.79 Å². The quantitative estimate of drug-likeness (QED) is 0.816. The standard InChI is InChI=1S/C20H28N4O/c1-14-17(15(2)23-22-14)11-7-13-21-20(25)24(3)19-12-6-9-16-8-4-5-10-18(16)19/h4-5,8,10,19H,6-7,9,11-13H2,1-3H3,(H,21,25)(H,22,23)/t19-/m1/s1. The number of hydrogen-bond acceptors (Lipinski definition) is 2. The van der Waals surface area contributed by atoms with Crippen molar-refractivity contribution in [3.05, 3.63) is 52.3 Å². The summed E-state index contributed by atoms with van der Waals surface area (Å²) in [5.74, 6) is 0. The minimum atomic E-state index is 0.0161. The molecule has 1 aromatic heterocycles. The van der Waals surface area contributed by atoms with Gasteiger partial charge in [-0.1, -0.05) is 24.3 Å². The molecular weight excluding hydrogens is 312 g/mol. The van der Waals surface area contributed by atoms with E-state index in [1.54, 1.807) is 0 Å². The van der Waals surface area contributed by atoms with E-state index < -0.39 is 0 Å². The van der Waals surface area contributed by atoms with Crippen LogP contribution in [0.4, 0.5) is 4.79 Å². The van der Waals surface area contributed by atoms with Gasteiger partial charge in [-0.25, -0.2) is 4.79 Å². The van der Waals surface area contributed by atoms with Gasteiger partial charge in [0, 0.05) is 19.3 Å². The lowest BCUT2D eigenvalue weighted by molar-refractivity contribution is 0.184. The van der Waals surface area contributed by atoms with Crippen LogP contribution < -0.4 is 5.32 Å². The number of rotatable bonds is 5. The summed E-state index contributed by atoms with van der Waals surface area (Å²) < 4.78 is 0. The molecule has 2 amide bonds. The highest BCUT2D eigenvalue weighted by Gasteiger charge is 2.26. The van der Waals surface area contributed by atoms with Crippen molar-refractivity contribution in [2.75, 3.05) is 13.6 Å². The smallest absolute Gasteiger partial charge is 0.317 e. The van der Waals surface area contributed by atoms with Crippen molar-refractivity contribution in [1.82, 2.24) is 20.4 Å². The van der Waals surface area contributed by atoms with Crippen LogP contribution in [0.3, 0.4) is 0 Å². The summed E-state index contributed by atoms with van der Waals surface area (Å²) in [6.45, 7) is 4.75. The van der Waals surface area contributed by atoms with Gasteiger partial charge in [0.05, 0.1) is 11.7 Å². The Bertz CT molecular complexity index is 718. The van der Waals surface area contributed by atoms with Gasteiger partial charge in [-0.05, 0) is 62.6 Å². The lowest BCUT2D eigenvalue weighted by Crippen LogP contribution is -2.41. The minimum Gasteiger partial charge on any atom is -0.338 e. The maximum Gasteiger partial charge on any atom is 0.317 e. The maximum atomic E-state index is 12.5. The van der Waals surface area contributed by atoms with Crippen LogP contribution in [-0.4, -0.2) is 34.7 Å². The average Bonchev–Trinajstić information content (AvgIpc) is 2.95.